The lowest BCUT2D eigenvalue weighted by Gasteiger charge is -2.11. The Bertz CT molecular complexity index is 1080. The molecule has 4 rings (SSSR count). The van der Waals surface area contributed by atoms with E-state index in [2.05, 4.69) is 47.9 Å². The Hall–Kier alpha value is -2.29. The molecular weight excluding hydrogens is 363 g/mol. The molecule has 0 amide bonds. The Kier molecular flexibility index (Phi) is 4.71. The number of para-hydroxylation sites is 2. The molecule has 26 heavy (non-hydrogen) atoms. The third kappa shape index (κ3) is 3.35. The molecule has 2 nitrogen and oxygen atoms in total. The van der Waals surface area contributed by atoms with Gasteiger partial charge >= 0.3 is 0 Å². The van der Waals surface area contributed by atoms with Crippen molar-refractivity contribution < 1.29 is 0 Å². The fraction of sp³-hybridized carbons (Fsp3) is 0.136. The summed E-state index contributed by atoms with van der Waals surface area (Å²) in [5, 5.41) is 1.15. The Balaban J connectivity index is 1.78. The molecule has 130 valence electrons. The van der Waals surface area contributed by atoms with Crippen LogP contribution in [0.15, 0.2) is 66.7 Å². The standard InChI is InChI=1S/C22H18Cl2N2/c1-15-6-2-3-7-17(15)13-22-25-20-8-4-5-9-21(20)26(22)14-16-10-11-18(23)19(24)12-16/h2-12H,13-14H2,1H3. The van der Waals surface area contributed by atoms with Gasteiger partial charge in [-0.1, -0.05) is 65.7 Å². The minimum atomic E-state index is 0.575. The number of aromatic nitrogens is 2. The molecule has 0 atom stereocenters. The first kappa shape index (κ1) is 17.1. The second-order valence-corrected chi connectivity index (χ2v) is 7.27. The average Bonchev–Trinajstić information content (AvgIpc) is 2.98. The van der Waals surface area contributed by atoms with Gasteiger partial charge in [-0.05, 0) is 47.9 Å². The molecule has 0 aliphatic rings. The van der Waals surface area contributed by atoms with Crippen molar-refractivity contribution in [2.45, 2.75) is 19.9 Å². The number of benzene rings is 3. The molecule has 0 radical (unpaired) electrons. The Morgan fingerprint density at radius 2 is 1.65 bits per heavy atom. The summed E-state index contributed by atoms with van der Waals surface area (Å²) in [4.78, 5) is 4.89. The van der Waals surface area contributed by atoms with E-state index in [0.717, 1.165) is 28.8 Å². The van der Waals surface area contributed by atoms with Gasteiger partial charge in [-0.3, -0.25) is 0 Å². The number of imidazole rings is 1. The second kappa shape index (κ2) is 7.14. The van der Waals surface area contributed by atoms with E-state index in [-0.39, 0.29) is 0 Å². The van der Waals surface area contributed by atoms with E-state index in [1.54, 1.807) is 0 Å². The summed E-state index contributed by atoms with van der Waals surface area (Å²) in [7, 11) is 0. The molecule has 4 heteroatoms. The van der Waals surface area contributed by atoms with Gasteiger partial charge in [0, 0.05) is 13.0 Å². The van der Waals surface area contributed by atoms with Gasteiger partial charge in [-0.25, -0.2) is 4.98 Å². The lowest BCUT2D eigenvalue weighted by molar-refractivity contribution is 0.761. The second-order valence-electron chi connectivity index (χ2n) is 6.45. The van der Waals surface area contributed by atoms with E-state index in [1.807, 2.05) is 30.3 Å². The maximum atomic E-state index is 6.21. The van der Waals surface area contributed by atoms with Crippen molar-refractivity contribution in [2.24, 2.45) is 0 Å². The molecule has 0 fully saturated rings. The molecule has 0 aliphatic carbocycles. The van der Waals surface area contributed by atoms with Crippen molar-refractivity contribution in [3.8, 4) is 0 Å². The highest BCUT2D eigenvalue weighted by Gasteiger charge is 2.13. The van der Waals surface area contributed by atoms with Crippen LogP contribution < -0.4 is 0 Å². The lowest BCUT2D eigenvalue weighted by Crippen LogP contribution is -2.06. The van der Waals surface area contributed by atoms with Gasteiger partial charge in [0.2, 0.25) is 0 Å². The predicted molar refractivity (Wildman–Crippen MR) is 109 cm³/mol. The number of halogens is 2. The Morgan fingerprint density at radius 3 is 2.46 bits per heavy atom. The van der Waals surface area contributed by atoms with Crippen LogP contribution in [-0.4, -0.2) is 9.55 Å². The first-order valence-corrected chi connectivity index (χ1v) is 9.30. The van der Waals surface area contributed by atoms with E-state index < -0.39 is 0 Å². The molecule has 1 aromatic heterocycles. The third-order valence-corrected chi connectivity index (χ3v) is 5.41. The summed E-state index contributed by atoms with van der Waals surface area (Å²) in [5.74, 6) is 1.05. The fourth-order valence-corrected chi connectivity index (χ4v) is 3.56. The van der Waals surface area contributed by atoms with Crippen molar-refractivity contribution in [3.05, 3.63) is 99.3 Å². The monoisotopic (exact) mass is 380 g/mol. The summed E-state index contributed by atoms with van der Waals surface area (Å²) >= 11 is 12.3. The molecule has 4 aromatic rings. The Morgan fingerprint density at radius 1 is 0.885 bits per heavy atom. The van der Waals surface area contributed by atoms with Gasteiger partial charge in [-0.15, -0.1) is 0 Å². The van der Waals surface area contributed by atoms with Crippen LogP contribution in [0.2, 0.25) is 10.0 Å². The van der Waals surface area contributed by atoms with E-state index in [9.17, 15) is 0 Å². The topological polar surface area (TPSA) is 17.8 Å². The number of fused-ring (bicyclic) bond motifs is 1. The molecule has 0 spiro atoms. The van der Waals surface area contributed by atoms with Crippen molar-refractivity contribution in [3.63, 3.8) is 0 Å². The van der Waals surface area contributed by atoms with Crippen LogP contribution in [0.25, 0.3) is 11.0 Å². The van der Waals surface area contributed by atoms with Gasteiger partial charge in [0.05, 0.1) is 21.1 Å². The maximum Gasteiger partial charge on any atom is 0.114 e. The number of rotatable bonds is 4. The molecule has 0 saturated carbocycles. The van der Waals surface area contributed by atoms with Crippen LogP contribution in [0.4, 0.5) is 0 Å². The third-order valence-electron chi connectivity index (χ3n) is 4.67. The van der Waals surface area contributed by atoms with Gasteiger partial charge in [-0.2, -0.15) is 0 Å². The molecule has 0 unspecified atom stereocenters. The zero-order valence-electron chi connectivity index (χ0n) is 14.4. The zero-order valence-corrected chi connectivity index (χ0v) is 15.9. The predicted octanol–water partition coefficient (Wildman–Crippen LogP) is 6.29. The minimum absolute atomic E-state index is 0.575. The largest absolute Gasteiger partial charge is 0.323 e. The van der Waals surface area contributed by atoms with Gasteiger partial charge < -0.3 is 4.57 Å². The average molecular weight is 381 g/mol. The normalized spacial score (nSPS) is 11.2. The van der Waals surface area contributed by atoms with Crippen LogP contribution in [0, 0.1) is 6.92 Å². The van der Waals surface area contributed by atoms with Crippen LogP contribution in [-0.2, 0) is 13.0 Å². The zero-order chi connectivity index (χ0) is 18.1. The Labute approximate surface area is 163 Å². The number of nitrogens with zero attached hydrogens (tertiary/aromatic N) is 2. The van der Waals surface area contributed by atoms with E-state index in [4.69, 9.17) is 28.2 Å². The summed E-state index contributed by atoms with van der Waals surface area (Å²) in [5.41, 5.74) is 5.81. The van der Waals surface area contributed by atoms with E-state index in [0.29, 0.717) is 16.6 Å². The van der Waals surface area contributed by atoms with Crippen LogP contribution in [0.3, 0.4) is 0 Å². The molecule has 0 bridgehead atoms. The van der Waals surface area contributed by atoms with Gasteiger partial charge in [0.25, 0.3) is 0 Å². The molecule has 0 saturated heterocycles. The van der Waals surface area contributed by atoms with Crippen molar-refractivity contribution in [1.82, 2.24) is 9.55 Å². The highest BCUT2D eigenvalue weighted by molar-refractivity contribution is 6.42. The van der Waals surface area contributed by atoms with Crippen molar-refractivity contribution in [1.29, 1.82) is 0 Å². The fourth-order valence-electron chi connectivity index (χ4n) is 3.24. The summed E-state index contributed by atoms with van der Waals surface area (Å²) in [6.45, 7) is 2.85. The summed E-state index contributed by atoms with van der Waals surface area (Å²) in [6.07, 6.45) is 0.794. The molecule has 1 heterocycles. The quantitative estimate of drug-likeness (QED) is 0.406. The smallest absolute Gasteiger partial charge is 0.114 e. The first-order chi connectivity index (χ1) is 12.6. The maximum absolute atomic E-state index is 6.21. The van der Waals surface area contributed by atoms with E-state index >= 15 is 0 Å². The van der Waals surface area contributed by atoms with Crippen LogP contribution in [0.5, 0.6) is 0 Å². The summed E-state index contributed by atoms with van der Waals surface area (Å²) in [6, 6.07) is 22.5. The van der Waals surface area contributed by atoms with Crippen molar-refractivity contribution >= 4 is 34.2 Å². The highest BCUT2D eigenvalue weighted by Crippen LogP contribution is 2.25. The van der Waals surface area contributed by atoms with Gasteiger partial charge in [0.1, 0.15) is 5.82 Å². The van der Waals surface area contributed by atoms with Crippen molar-refractivity contribution in [2.75, 3.05) is 0 Å². The lowest BCUT2D eigenvalue weighted by atomic mass is 10.1. The first-order valence-electron chi connectivity index (χ1n) is 8.54. The molecule has 0 N–H and O–H groups in total. The van der Waals surface area contributed by atoms with Crippen LogP contribution in [0.1, 0.15) is 22.5 Å². The molecule has 3 aromatic carbocycles. The van der Waals surface area contributed by atoms with E-state index in [1.165, 1.54) is 11.1 Å². The number of hydrogen-bond donors (Lipinski definition) is 0. The summed E-state index contributed by atoms with van der Waals surface area (Å²) < 4.78 is 2.27. The highest BCUT2D eigenvalue weighted by atomic mass is 35.5. The van der Waals surface area contributed by atoms with Gasteiger partial charge in [0.15, 0.2) is 0 Å². The minimum Gasteiger partial charge on any atom is -0.323 e. The van der Waals surface area contributed by atoms with Crippen LogP contribution >= 0.6 is 23.2 Å². The molecule has 0 aliphatic heterocycles. The number of hydrogen-bond acceptors (Lipinski definition) is 1. The SMILES string of the molecule is Cc1ccccc1Cc1nc2ccccc2n1Cc1ccc(Cl)c(Cl)c1. The number of aryl methyl sites for hydroxylation is 1. The molecular formula is C22H18Cl2N2.